The number of aryl methyl sites for hydroxylation is 1. The molecule has 2 heteroatoms. The molecular formula is C13H20N2. The molecule has 82 valence electrons. The molecule has 0 aromatic carbocycles. The van der Waals surface area contributed by atoms with Gasteiger partial charge in [0, 0.05) is 18.9 Å². The van der Waals surface area contributed by atoms with Crippen molar-refractivity contribution in [1.82, 2.24) is 9.55 Å². The minimum Gasteiger partial charge on any atom is -0.337 e. The van der Waals surface area contributed by atoms with E-state index in [0.717, 1.165) is 24.3 Å². The van der Waals surface area contributed by atoms with Crippen LogP contribution >= 0.6 is 0 Å². The molecule has 2 aliphatic carbocycles. The smallest absolute Gasteiger partial charge is 0.0945 e. The van der Waals surface area contributed by atoms with Crippen molar-refractivity contribution in [3.8, 4) is 0 Å². The van der Waals surface area contributed by atoms with Gasteiger partial charge in [0.1, 0.15) is 0 Å². The van der Waals surface area contributed by atoms with E-state index in [0.29, 0.717) is 0 Å². The molecule has 2 aliphatic rings. The van der Waals surface area contributed by atoms with Gasteiger partial charge in [-0.25, -0.2) is 4.98 Å². The molecule has 3 atom stereocenters. The summed E-state index contributed by atoms with van der Waals surface area (Å²) in [6.45, 7) is 1.16. The molecule has 3 unspecified atom stereocenters. The summed E-state index contributed by atoms with van der Waals surface area (Å²) in [6, 6.07) is 0. The van der Waals surface area contributed by atoms with Crippen LogP contribution in [0.1, 0.15) is 38.5 Å². The van der Waals surface area contributed by atoms with Crippen molar-refractivity contribution in [1.29, 1.82) is 0 Å². The van der Waals surface area contributed by atoms with Gasteiger partial charge < -0.3 is 4.57 Å². The third-order valence-corrected chi connectivity index (χ3v) is 4.43. The second-order valence-corrected chi connectivity index (χ2v) is 5.38. The van der Waals surface area contributed by atoms with E-state index in [1.165, 1.54) is 32.1 Å². The predicted molar refractivity (Wildman–Crippen MR) is 60.4 cm³/mol. The Morgan fingerprint density at radius 1 is 1.27 bits per heavy atom. The quantitative estimate of drug-likeness (QED) is 0.737. The van der Waals surface area contributed by atoms with Crippen molar-refractivity contribution >= 4 is 0 Å². The van der Waals surface area contributed by atoms with Gasteiger partial charge in [-0.2, -0.15) is 0 Å². The average Bonchev–Trinajstić information content (AvgIpc) is 2.93. The van der Waals surface area contributed by atoms with Crippen molar-refractivity contribution in [3.05, 3.63) is 18.7 Å². The van der Waals surface area contributed by atoms with Gasteiger partial charge in [0.25, 0.3) is 0 Å². The summed E-state index contributed by atoms with van der Waals surface area (Å²) >= 11 is 0. The van der Waals surface area contributed by atoms with E-state index in [-0.39, 0.29) is 0 Å². The van der Waals surface area contributed by atoms with Gasteiger partial charge in [0.15, 0.2) is 0 Å². The second-order valence-electron chi connectivity index (χ2n) is 5.38. The van der Waals surface area contributed by atoms with Gasteiger partial charge in [-0.3, -0.25) is 0 Å². The number of fused-ring (bicyclic) bond motifs is 2. The van der Waals surface area contributed by atoms with E-state index in [4.69, 9.17) is 0 Å². The monoisotopic (exact) mass is 204 g/mol. The molecule has 0 amide bonds. The number of imidazole rings is 1. The van der Waals surface area contributed by atoms with Crippen molar-refractivity contribution in [2.45, 2.75) is 45.1 Å². The predicted octanol–water partition coefficient (Wildman–Crippen LogP) is 3.10. The molecule has 1 aromatic rings. The minimum atomic E-state index is 1.06. The van der Waals surface area contributed by atoms with E-state index in [2.05, 4.69) is 15.7 Å². The molecule has 2 fully saturated rings. The van der Waals surface area contributed by atoms with Crippen molar-refractivity contribution in [2.75, 3.05) is 0 Å². The first-order chi connectivity index (χ1) is 7.42. The van der Waals surface area contributed by atoms with Gasteiger partial charge >= 0.3 is 0 Å². The van der Waals surface area contributed by atoms with Gasteiger partial charge in [0.05, 0.1) is 6.33 Å². The van der Waals surface area contributed by atoms with Crippen molar-refractivity contribution in [2.24, 2.45) is 17.8 Å². The molecule has 0 spiro atoms. The molecule has 0 radical (unpaired) electrons. The van der Waals surface area contributed by atoms with Gasteiger partial charge in [0.2, 0.25) is 0 Å². The number of hydrogen-bond donors (Lipinski definition) is 0. The first-order valence-electron chi connectivity index (χ1n) is 6.37. The lowest BCUT2D eigenvalue weighted by molar-refractivity contribution is 0.303. The molecule has 2 nitrogen and oxygen atoms in total. The summed E-state index contributed by atoms with van der Waals surface area (Å²) in [5.74, 6) is 3.26. The van der Waals surface area contributed by atoms with Gasteiger partial charge in [-0.15, -0.1) is 0 Å². The molecule has 1 aromatic heterocycles. The topological polar surface area (TPSA) is 17.8 Å². The summed E-state index contributed by atoms with van der Waals surface area (Å²) in [4.78, 5) is 4.07. The molecule has 15 heavy (non-hydrogen) atoms. The summed E-state index contributed by atoms with van der Waals surface area (Å²) in [7, 11) is 0. The Labute approximate surface area is 91.7 Å². The molecule has 3 rings (SSSR count). The van der Waals surface area contributed by atoms with E-state index >= 15 is 0 Å². The summed E-state index contributed by atoms with van der Waals surface area (Å²) < 4.78 is 2.20. The van der Waals surface area contributed by atoms with Crippen LogP contribution in [0.15, 0.2) is 18.7 Å². The molecule has 2 bridgehead atoms. The van der Waals surface area contributed by atoms with Crippen LogP contribution in [0, 0.1) is 17.8 Å². The Bertz CT molecular complexity index is 304. The maximum atomic E-state index is 4.07. The summed E-state index contributed by atoms with van der Waals surface area (Å²) in [5, 5.41) is 0. The maximum Gasteiger partial charge on any atom is 0.0945 e. The van der Waals surface area contributed by atoms with Gasteiger partial charge in [-0.05, 0) is 49.9 Å². The van der Waals surface area contributed by atoms with E-state index in [1.54, 1.807) is 6.42 Å². The lowest BCUT2D eigenvalue weighted by atomic mass is 9.85. The number of nitrogens with zero attached hydrogens (tertiary/aromatic N) is 2. The van der Waals surface area contributed by atoms with Crippen molar-refractivity contribution in [3.63, 3.8) is 0 Å². The van der Waals surface area contributed by atoms with Crippen LogP contribution in [0.2, 0.25) is 0 Å². The Hall–Kier alpha value is -0.790. The maximum absolute atomic E-state index is 4.07. The van der Waals surface area contributed by atoms with E-state index in [1.807, 2.05) is 12.5 Å². The third kappa shape index (κ3) is 1.95. The first-order valence-corrected chi connectivity index (χ1v) is 6.37. The zero-order chi connectivity index (χ0) is 10.1. The Morgan fingerprint density at radius 3 is 2.93 bits per heavy atom. The molecule has 0 aliphatic heterocycles. The highest BCUT2D eigenvalue weighted by Crippen LogP contribution is 2.49. The fourth-order valence-electron chi connectivity index (χ4n) is 3.69. The number of aromatic nitrogens is 2. The van der Waals surface area contributed by atoms with Crippen molar-refractivity contribution < 1.29 is 0 Å². The lowest BCUT2D eigenvalue weighted by Gasteiger charge is -2.21. The van der Waals surface area contributed by atoms with Crippen LogP contribution in [-0.2, 0) is 6.54 Å². The Balaban J connectivity index is 1.43. The highest BCUT2D eigenvalue weighted by molar-refractivity contribution is 4.89. The standard InChI is InChI=1S/C13H20N2/c1(6-15-7-5-14-10-15)2-12-8-11-3-4-13(12)9-11/h5,7,10-13H,1-4,6,8-9H2. The van der Waals surface area contributed by atoms with Crippen LogP contribution in [-0.4, -0.2) is 9.55 Å². The Kier molecular flexibility index (Phi) is 2.51. The number of hydrogen-bond acceptors (Lipinski definition) is 1. The second kappa shape index (κ2) is 3.99. The fourth-order valence-corrected chi connectivity index (χ4v) is 3.69. The lowest BCUT2D eigenvalue weighted by Crippen LogP contribution is -2.11. The van der Waals surface area contributed by atoms with Gasteiger partial charge in [-0.1, -0.05) is 6.42 Å². The van der Waals surface area contributed by atoms with E-state index < -0.39 is 0 Å². The normalized spacial score (nSPS) is 33.7. The molecule has 1 heterocycles. The zero-order valence-corrected chi connectivity index (χ0v) is 9.31. The first kappa shape index (κ1) is 9.44. The minimum absolute atomic E-state index is 1.06. The summed E-state index contributed by atoms with van der Waals surface area (Å²) in [6.07, 6.45) is 14.8. The molecular weight excluding hydrogens is 184 g/mol. The fraction of sp³-hybridized carbons (Fsp3) is 0.769. The largest absolute Gasteiger partial charge is 0.337 e. The van der Waals surface area contributed by atoms with Crippen LogP contribution in [0.3, 0.4) is 0 Å². The van der Waals surface area contributed by atoms with Crippen LogP contribution in [0.25, 0.3) is 0 Å². The van der Waals surface area contributed by atoms with Crippen LogP contribution in [0.4, 0.5) is 0 Å². The van der Waals surface area contributed by atoms with E-state index in [9.17, 15) is 0 Å². The number of rotatable bonds is 4. The van der Waals surface area contributed by atoms with Crippen LogP contribution < -0.4 is 0 Å². The zero-order valence-electron chi connectivity index (χ0n) is 9.31. The summed E-state index contributed by atoms with van der Waals surface area (Å²) in [5.41, 5.74) is 0. The highest BCUT2D eigenvalue weighted by Gasteiger charge is 2.38. The SMILES string of the molecule is c1cn(CCCC2CC3CCC2C3)cn1. The molecule has 0 saturated heterocycles. The highest BCUT2D eigenvalue weighted by atomic mass is 15.0. The third-order valence-electron chi connectivity index (χ3n) is 4.43. The molecule has 0 N–H and O–H groups in total. The van der Waals surface area contributed by atoms with Crippen LogP contribution in [0.5, 0.6) is 0 Å². The Morgan fingerprint density at radius 2 is 2.27 bits per heavy atom. The average molecular weight is 204 g/mol. The molecule has 2 saturated carbocycles.